The van der Waals surface area contributed by atoms with Gasteiger partial charge in [-0.25, -0.2) is 9.59 Å². The maximum Gasteiger partial charge on any atom is 0.490 e. The number of halogens is 6. The Morgan fingerprint density at radius 2 is 1.65 bits per heavy atom. The zero-order valence-corrected chi connectivity index (χ0v) is 19.9. The summed E-state index contributed by atoms with van der Waals surface area (Å²) in [4.78, 5) is 36.9. The van der Waals surface area contributed by atoms with Gasteiger partial charge in [-0.15, -0.1) is 0 Å². The zero-order valence-electron chi connectivity index (χ0n) is 19.1. The van der Waals surface area contributed by atoms with Crippen molar-refractivity contribution in [2.45, 2.75) is 49.6 Å². The van der Waals surface area contributed by atoms with Gasteiger partial charge in [0.05, 0.1) is 5.92 Å². The minimum Gasteiger partial charge on any atom is -0.475 e. The maximum atomic E-state index is 12.4. The van der Waals surface area contributed by atoms with Crippen molar-refractivity contribution >= 4 is 29.2 Å². The normalized spacial score (nSPS) is 19.2. The second-order valence-electron chi connectivity index (χ2n) is 8.33. The molecule has 3 N–H and O–H groups in total. The number of pyridine rings is 1. The summed E-state index contributed by atoms with van der Waals surface area (Å²) in [5.41, 5.74) is 2.43. The van der Waals surface area contributed by atoms with Crippen LogP contribution < -0.4 is 5.32 Å². The number of likely N-dealkylation sites (tertiary alicyclic amines) is 1. The van der Waals surface area contributed by atoms with E-state index >= 15 is 0 Å². The molecule has 2 saturated heterocycles. The lowest BCUT2D eigenvalue weighted by Crippen LogP contribution is -2.50. The van der Waals surface area contributed by atoms with E-state index in [0.29, 0.717) is 0 Å². The molecule has 37 heavy (non-hydrogen) atoms. The number of piperidine rings is 1. The predicted octanol–water partition coefficient (Wildman–Crippen LogP) is 4.05. The Labute approximate surface area is 210 Å². The summed E-state index contributed by atoms with van der Waals surface area (Å²) in [6.07, 6.45) is -3.59. The summed E-state index contributed by atoms with van der Waals surface area (Å²) in [6.45, 7) is 3.13. The molecule has 1 spiro atoms. The number of thiophene rings is 1. The Morgan fingerprint density at radius 3 is 2.08 bits per heavy atom. The number of amides is 1. The van der Waals surface area contributed by atoms with Crippen LogP contribution in [0.4, 0.5) is 26.3 Å². The summed E-state index contributed by atoms with van der Waals surface area (Å²) in [7, 11) is 0. The number of aliphatic carboxylic acids is 2. The van der Waals surface area contributed by atoms with Gasteiger partial charge >= 0.3 is 24.3 Å². The molecule has 4 rings (SSSR count). The molecule has 2 aromatic heterocycles. The Kier molecular flexibility index (Phi) is 10.0. The number of hydrogen-bond donors (Lipinski definition) is 3. The fourth-order valence-corrected chi connectivity index (χ4v) is 4.50. The lowest BCUT2D eigenvalue weighted by Gasteiger charge is -2.39. The van der Waals surface area contributed by atoms with Crippen molar-refractivity contribution in [2.24, 2.45) is 0 Å². The summed E-state index contributed by atoms with van der Waals surface area (Å²) in [5.74, 6) is -5.38. The number of hydrogen-bond acceptors (Lipinski definition) is 6. The molecule has 2 aromatic rings. The van der Waals surface area contributed by atoms with Crippen LogP contribution in [0.3, 0.4) is 0 Å². The average Bonchev–Trinajstić information content (AvgIpc) is 3.43. The predicted molar refractivity (Wildman–Crippen MR) is 119 cm³/mol. The highest BCUT2D eigenvalue weighted by Gasteiger charge is 2.46. The lowest BCUT2D eigenvalue weighted by atomic mass is 9.82. The van der Waals surface area contributed by atoms with Gasteiger partial charge in [-0.05, 0) is 53.3 Å². The van der Waals surface area contributed by atoms with Crippen LogP contribution in [0.1, 0.15) is 36.3 Å². The van der Waals surface area contributed by atoms with Crippen molar-refractivity contribution in [3.63, 3.8) is 0 Å². The molecule has 2 aliphatic heterocycles. The van der Waals surface area contributed by atoms with Crippen LogP contribution in [0, 0.1) is 0 Å². The lowest BCUT2D eigenvalue weighted by molar-refractivity contribution is -0.193. The molecule has 0 saturated carbocycles. The van der Waals surface area contributed by atoms with Gasteiger partial charge in [0, 0.05) is 37.6 Å². The van der Waals surface area contributed by atoms with Crippen LogP contribution in [0.15, 0.2) is 41.4 Å². The highest BCUT2D eigenvalue weighted by atomic mass is 32.1. The third kappa shape index (κ3) is 9.31. The van der Waals surface area contributed by atoms with E-state index in [9.17, 15) is 31.1 Å². The number of nitrogens with one attached hydrogen (secondary N) is 1. The first kappa shape index (κ1) is 30.0. The third-order valence-electron chi connectivity index (χ3n) is 5.67. The number of aromatic nitrogens is 1. The minimum atomic E-state index is -5.08. The van der Waals surface area contributed by atoms with Crippen LogP contribution in [-0.4, -0.2) is 68.9 Å². The third-order valence-corrected chi connectivity index (χ3v) is 6.40. The second kappa shape index (κ2) is 12.4. The summed E-state index contributed by atoms with van der Waals surface area (Å²) < 4.78 is 63.5. The number of carboxylic acid groups (broad SMARTS) is 2. The smallest absolute Gasteiger partial charge is 0.475 e. The van der Waals surface area contributed by atoms with Crippen LogP contribution in [-0.2, 0) is 20.9 Å². The van der Waals surface area contributed by atoms with E-state index in [-0.39, 0.29) is 17.4 Å². The van der Waals surface area contributed by atoms with Gasteiger partial charge < -0.3 is 15.5 Å². The Balaban J connectivity index is 0.000000286. The molecule has 204 valence electrons. The molecule has 2 aliphatic rings. The Morgan fingerprint density at radius 1 is 1.08 bits per heavy atom. The number of carbonyl (C=O) groups is 3. The van der Waals surface area contributed by atoms with Crippen molar-refractivity contribution in [1.82, 2.24) is 15.2 Å². The molecular weight excluding hydrogens is 532 g/mol. The Bertz CT molecular complexity index is 1020. The van der Waals surface area contributed by atoms with Gasteiger partial charge in [-0.3, -0.25) is 14.7 Å². The molecule has 0 bridgehead atoms. The van der Waals surface area contributed by atoms with Crippen molar-refractivity contribution < 1.29 is 50.9 Å². The quantitative estimate of drug-likeness (QED) is 0.489. The van der Waals surface area contributed by atoms with Gasteiger partial charge in [-0.1, -0.05) is 6.07 Å². The van der Waals surface area contributed by atoms with Gasteiger partial charge in [0.15, 0.2) is 0 Å². The Hall–Kier alpha value is -3.20. The van der Waals surface area contributed by atoms with Crippen LogP contribution >= 0.6 is 11.3 Å². The van der Waals surface area contributed by atoms with E-state index in [1.54, 1.807) is 17.5 Å². The zero-order chi connectivity index (χ0) is 27.9. The number of nitrogens with zero attached hydrogens (tertiary/aromatic N) is 2. The van der Waals surface area contributed by atoms with E-state index in [1.165, 1.54) is 5.56 Å². The van der Waals surface area contributed by atoms with Crippen molar-refractivity contribution in [1.29, 1.82) is 0 Å². The molecular formula is C22H23F6N3O5S. The first-order valence-corrected chi connectivity index (χ1v) is 11.6. The summed E-state index contributed by atoms with van der Waals surface area (Å²) in [6, 6.07) is 6.13. The average molecular weight is 555 g/mol. The van der Waals surface area contributed by atoms with Gasteiger partial charge in [0.2, 0.25) is 5.91 Å². The van der Waals surface area contributed by atoms with Gasteiger partial charge in [-0.2, -0.15) is 37.7 Å². The molecule has 1 amide bonds. The molecule has 2 fully saturated rings. The van der Waals surface area contributed by atoms with Gasteiger partial charge in [0.1, 0.15) is 0 Å². The molecule has 1 unspecified atom stereocenters. The van der Waals surface area contributed by atoms with E-state index in [4.69, 9.17) is 19.8 Å². The van der Waals surface area contributed by atoms with Crippen LogP contribution in [0.5, 0.6) is 0 Å². The summed E-state index contributed by atoms with van der Waals surface area (Å²) in [5, 5.41) is 21.9. The largest absolute Gasteiger partial charge is 0.490 e. The van der Waals surface area contributed by atoms with Gasteiger partial charge in [0.25, 0.3) is 0 Å². The minimum absolute atomic E-state index is 0.0112. The van der Waals surface area contributed by atoms with Crippen molar-refractivity contribution in [3.8, 4) is 0 Å². The molecule has 0 aromatic carbocycles. The number of carboxylic acids is 2. The topological polar surface area (TPSA) is 120 Å². The van der Waals surface area contributed by atoms with E-state index in [2.05, 4.69) is 32.0 Å². The summed E-state index contributed by atoms with van der Waals surface area (Å²) >= 11 is 1.76. The fourth-order valence-electron chi connectivity index (χ4n) is 3.84. The standard InChI is InChI=1S/C18H21N3OS.2C2HF3O2/c22-17-16(15-2-1-6-19-11-15)10-18(20-17)4-7-21(8-5-18)12-14-3-9-23-13-14;2*3-2(4,5)1(6)7/h1-3,6,9,11,13,16H,4-5,7-8,10,12H2,(H,20,22);2*(H,6,7). The highest BCUT2D eigenvalue weighted by Crippen LogP contribution is 2.39. The van der Waals surface area contributed by atoms with Crippen LogP contribution in [0.25, 0.3) is 0 Å². The molecule has 0 aliphatic carbocycles. The van der Waals surface area contributed by atoms with E-state index < -0.39 is 24.3 Å². The molecule has 1 atom stereocenters. The number of rotatable bonds is 3. The first-order chi connectivity index (χ1) is 17.1. The SMILES string of the molecule is O=C(O)C(F)(F)F.O=C(O)C(F)(F)F.O=C1NC2(CCN(Cc3ccsc3)CC2)CC1c1cccnc1. The molecule has 4 heterocycles. The van der Waals surface area contributed by atoms with Crippen molar-refractivity contribution in [2.75, 3.05) is 13.1 Å². The second-order valence-corrected chi connectivity index (χ2v) is 9.11. The van der Waals surface area contributed by atoms with Crippen molar-refractivity contribution in [3.05, 3.63) is 52.5 Å². The first-order valence-electron chi connectivity index (χ1n) is 10.7. The molecule has 0 radical (unpaired) electrons. The monoisotopic (exact) mass is 555 g/mol. The number of alkyl halides is 6. The highest BCUT2D eigenvalue weighted by molar-refractivity contribution is 7.07. The molecule has 15 heteroatoms. The van der Waals surface area contributed by atoms with E-state index in [0.717, 1.165) is 44.5 Å². The van der Waals surface area contributed by atoms with Crippen LogP contribution in [0.2, 0.25) is 0 Å². The number of carbonyl (C=O) groups excluding carboxylic acids is 1. The van der Waals surface area contributed by atoms with E-state index in [1.807, 2.05) is 18.3 Å². The maximum absolute atomic E-state index is 12.4. The molecule has 8 nitrogen and oxygen atoms in total. The fraction of sp³-hybridized carbons (Fsp3) is 0.455.